The fourth-order valence-corrected chi connectivity index (χ4v) is 7.34. The molecule has 42 heavy (non-hydrogen) atoms. The van der Waals surface area contributed by atoms with E-state index in [1.807, 2.05) is 43.3 Å². The summed E-state index contributed by atoms with van der Waals surface area (Å²) < 4.78 is 18.1. The topological polar surface area (TPSA) is 91.7 Å². The first kappa shape index (κ1) is 29.9. The van der Waals surface area contributed by atoms with E-state index in [2.05, 4.69) is 12.2 Å². The molecule has 5 rings (SSSR count). The number of benzene rings is 2. The van der Waals surface area contributed by atoms with Crippen molar-refractivity contribution in [3.05, 3.63) is 68.8 Å². The van der Waals surface area contributed by atoms with Crippen molar-refractivity contribution < 1.29 is 23.8 Å². The minimum atomic E-state index is -0.407. The highest BCUT2D eigenvalue weighted by molar-refractivity contribution is 7.16. The zero-order valence-electron chi connectivity index (χ0n) is 24.6. The molecule has 1 amide bonds. The molecule has 1 fully saturated rings. The van der Waals surface area contributed by atoms with E-state index in [4.69, 9.17) is 30.8 Å². The summed E-state index contributed by atoms with van der Waals surface area (Å²) in [6.45, 7) is 5.42. The number of aromatic nitrogens is 2. The summed E-state index contributed by atoms with van der Waals surface area (Å²) in [6, 6.07) is 11.6. The van der Waals surface area contributed by atoms with Gasteiger partial charge >= 0.3 is 5.97 Å². The number of carbonyl (C=O) groups is 2. The highest BCUT2D eigenvalue weighted by Gasteiger charge is 2.29. The van der Waals surface area contributed by atoms with Crippen LogP contribution in [0.2, 0.25) is 5.02 Å². The van der Waals surface area contributed by atoms with Gasteiger partial charge in [0.15, 0.2) is 11.9 Å². The van der Waals surface area contributed by atoms with Crippen LogP contribution in [0.4, 0.5) is 5.13 Å². The van der Waals surface area contributed by atoms with Crippen LogP contribution in [0, 0.1) is 6.92 Å². The second-order valence-electron chi connectivity index (χ2n) is 10.7. The number of ether oxygens (including phenoxy) is 3. The van der Waals surface area contributed by atoms with Gasteiger partial charge < -0.3 is 18.8 Å². The molecule has 1 aliphatic rings. The Labute approximate surface area is 254 Å². The quantitative estimate of drug-likeness (QED) is 0.194. The van der Waals surface area contributed by atoms with E-state index in [-0.39, 0.29) is 12.6 Å². The molecule has 10 heteroatoms. The molecule has 1 aliphatic carbocycles. The molecule has 0 spiro atoms. The van der Waals surface area contributed by atoms with Crippen LogP contribution in [0.25, 0.3) is 10.9 Å². The van der Waals surface area contributed by atoms with Crippen LogP contribution in [0.1, 0.15) is 83.6 Å². The zero-order chi connectivity index (χ0) is 30.0. The molecule has 0 bridgehead atoms. The first-order valence-electron chi connectivity index (χ1n) is 14.2. The molecule has 0 saturated heterocycles. The lowest BCUT2D eigenvalue weighted by Gasteiger charge is -2.29. The average molecular weight is 610 g/mol. The molecule has 1 N–H and O–H groups in total. The molecule has 0 atom stereocenters. The zero-order valence-corrected chi connectivity index (χ0v) is 26.2. The largest absolute Gasteiger partial charge is 0.496 e. The number of halogens is 1. The van der Waals surface area contributed by atoms with Crippen LogP contribution >= 0.6 is 22.9 Å². The Morgan fingerprint density at radius 2 is 1.76 bits per heavy atom. The van der Waals surface area contributed by atoms with Gasteiger partial charge in [-0.1, -0.05) is 30.2 Å². The van der Waals surface area contributed by atoms with Crippen molar-refractivity contribution in [2.75, 3.05) is 19.5 Å². The summed E-state index contributed by atoms with van der Waals surface area (Å²) in [5.74, 6) is 1.48. The van der Waals surface area contributed by atoms with Gasteiger partial charge in [0.25, 0.3) is 5.91 Å². The molecule has 0 radical (unpaired) electrons. The SMILES string of the molecule is CCc1nc(NC(=O)c2cc3cc(C)ccc3n2COC(C)=O)sc1C1CCC(c2cc(OC)c(Cl)cc2OC)CC1. The third-order valence-corrected chi connectivity index (χ3v) is 9.48. The fraction of sp³-hybridized carbons (Fsp3) is 0.406. The summed E-state index contributed by atoms with van der Waals surface area (Å²) in [7, 11) is 3.30. The fourth-order valence-electron chi connectivity index (χ4n) is 5.89. The Kier molecular flexibility index (Phi) is 9.08. The van der Waals surface area contributed by atoms with Gasteiger partial charge in [0.05, 0.1) is 30.5 Å². The van der Waals surface area contributed by atoms with Gasteiger partial charge in [-0.15, -0.1) is 11.3 Å². The Morgan fingerprint density at radius 3 is 2.43 bits per heavy atom. The maximum atomic E-state index is 13.5. The monoisotopic (exact) mass is 609 g/mol. The van der Waals surface area contributed by atoms with Crippen molar-refractivity contribution in [2.24, 2.45) is 0 Å². The predicted octanol–water partition coefficient (Wildman–Crippen LogP) is 7.85. The summed E-state index contributed by atoms with van der Waals surface area (Å²) in [5, 5.41) is 5.06. The van der Waals surface area contributed by atoms with Crippen LogP contribution in [0.15, 0.2) is 36.4 Å². The lowest BCUT2D eigenvalue weighted by Crippen LogP contribution is -2.18. The number of amides is 1. The number of nitrogens with zero attached hydrogens (tertiary/aromatic N) is 2. The minimum Gasteiger partial charge on any atom is -0.496 e. The molecular formula is C32H36ClN3O5S. The third-order valence-electron chi connectivity index (χ3n) is 8.01. The predicted molar refractivity (Wildman–Crippen MR) is 166 cm³/mol. The number of hydrogen-bond acceptors (Lipinski definition) is 7. The van der Waals surface area contributed by atoms with Crippen LogP contribution in [0.5, 0.6) is 11.5 Å². The van der Waals surface area contributed by atoms with E-state index in [1.54, 1.807) is 30.1 Å². The molecule has 0 unspecified atom stereocenters. The first-order chi connectivity index (χ1) is 20.2. The lowest BCUT2D eigenvalue weighted by molar-refractivity contribution is -0.144. The minimum absolute atomic E-state index is 0.0402. The Balaban J connectivity index is 1.34. The van der Waals surface area contributed by atoms with Crippen LogP contribution < -0.4 is 14.8 Å². The second-order valence-corrected chi connectivity index (χ2v) is 12.1. The van der Waals surface area contributed by atoms with Crippen molar-refractivity contribution in [3.63, 3.8) is 0 Å². The number of hydrogen-bond donors (Lipinski definition) is 1. The van der Waals surface area contributed by atoms with Crippen molar-refractivity contribution in [1.82, 2.24) is 9.55 Å². The highest BCUT2D eigenvalue weighted by atomic mass is 35.5. The van der Waals surface area contributed by atoms with Gasteiger partial charge in [-0.2, -0.15) is 0 Å². The number of nitrogens with one attached hydrogen (secondary N) is 1. The van der Waals surface area contributed by atoms with Gasteiger partial charge in [0.2, 0.25) is 0 Å². The van der Waals surface area contributed by atoms with Gasteiger partial charge in [0, 0.05) is 28.8 Å². The third kappa shape index (κ3) is 6.13. The summed E-state index contributed by atoms with van der Waals surface area (Å²) in [5.41, 5.74) is 4.48. The number of fused-ring (bicyclic) bond motifs is 1. The van der Waals surface area contributed by atoms with Crippen LogP contribution in [-0.2, 0) is 22.7 Å². The van der Waals surface area contributed by atoms with Crippen molar-refractivity contribution >= 4 is 50.8 Å². The van der Waals surface area contributed by atoms with E-state index in [9.17, 15) is 9.59 Å². The standard InChI is InChI=1S/C32H36ClN3O5S/c1-6-25-30(21-10-8-20(9-11-21)23-15-29(40-5)24(33)16-28(23)39-4)42-32(34-25)35-31(38)27-14-22-13-18(2)7-12-26(22)36(27)17-41-19(3)37/h7,12-16,20-21H,6,8-11,17H2,1-5H3,(H,34,35,38). The number of rotatable bonds is 9. The van der Waals surface area contributed by atoms with E-state index >= 15 is 0 Å². The van der Waals surface area contributed by atoms with Gasteiger partial charge in [-0.25, -0.2) is 4.98 Å². The smallest absolute Gasteiger partial charge is 0.304 e. The van der Waals surface area contributed by atoms with Gasteiger partial charge in [-0.3, -0.25) is 14.9 Å². The lowest BCUT2D eigenvalue weighted by atomic mass is 9.77. The maximum Gasteiger partial charge on any atom is 0.304 e. The molecule has 2 aromatic heterocycles. The Morgan fingerprint density at radius 1 is 1.05 bits per heavy atom. The van der Waals surface area contributed by atoms with Crippen LogP contribution in [-0.4, -0.2) is 35.6 Å². The van der Waals surface area contributed by atoms with E-state index in [0.717, 1.165) is 65.6 Å². The molecule has 1 saturated carbocycles. The molecule has 2 aromatic carbocycles. The van der Waals surface area contributed by atoms with E-state index in [0.29, 0.717) is 33.4 Å². The maximum absolute atomic E-state index is 13.5. The molecule has 2 heterocycles. The molecule has 0 aliphatic heterocycles. The Bertz CT molecular complexity index is 1620. The van der Waals surface area contributed by atoms with Crippen molar-refractivity contribution in [2.45, 2.75) is 71.4 Å². The van der Waals surface area contributed by atoms with Gasteiger partial charge in [-0.05, 0) is 75.1 Å². The number of carbonyl (C=O) groups excluding carboxylic acids is 2. The summed E-state index contributed by atoms with van der Waals surface area (Å²) in [4.78, 5) is 31.1. The molecule has 222 valence electrons. The van der Waals surface area contributed by atoms with Crippen molar-refractivity contribution in [1.29, 1.82) is 0 Å². The normalized spacial score (nSPS) is 16.8. The molecular weight excluding hydrogens is 574 g/mol. The summed E-state index contributed by atoms with van der Waals surface area (Å²) >= 11 is 7.90. The molecule has 4 aromatic rings. The number of methoxy groups -OCH3 is 2. The average Bonchev–Trinajstić information content (AvgIpc) is 3.56. The number of aryl methyl sites for hydroxylation is 2. The highest BCUT2D eigenvalue weighted by Crippen LogP contribution is 2.47. The number of anilines is 1. The molecule has 8 nitrogen and oxygen atoms in total. The van der Waals surface area contributed by atoms with Crippen LogP contribution in [0.3, 0.4) is 0 Å². The number of thiazole rings is 1. The Hall–Kier alpha value is -3.56. The number of esters is 1. The van der Waals surface area contributed by atoms with Crippen molar-refractivity contribution in [3.8, 4) is 11.5 Å². The second kappa shape index (κ2) is 12.8. The van der Waals surface area contributed by atoms with E-state index in [1.165, 1.54) is 11.8 Å². The first-order valence-corrected chi connectivity index (χ1v) is 15.4. The van der Waals surface area contributed by atoms with E-state index < -0.39 is 5.97 Å². The summed E-state index contributed by atoms with van der Waals surface area (Å²) in [6.07, 6.45) is 4.82. The van der Waals surface area contributed by atoms with Gasteiger partial charge in [0.1, 0.15) is 17.2 Å².